The number of nitrogens with one attached hydrogen (secondary N) is 2. The number of hydrogen-bond donors (Lipinski definition) is 3. The Balaban J connectivity index is 2.06. The molecule has 0 bridgehead atoms. The first-order chi connectivity index (χ1) is 9.74. The Morgan fingerprint density at radius 2 is 2.45 bits per heavy atom. The van der Waals surface area contributed by atoms with Crippen molar-refractivity contribution in [3.05, 3.63) is 23.9 Å². The number of pyridine rings is 1. The van der Waals surface area contributed by atoms with Crippen LogP contribution in [-0.2, 0) is 16.1 Å². The lowest BCUT2D eigenvalue weighted by atomic mass is 10.2. The maximum atomic E-state index is 12.0. The molecule has 1 amide bonds. The Morgan fingerprint density at radius 3 is 3.20 bits per heavy atom. The van der Waals surface area contributed by atoms with E-state index >= 15 is 0 Å². The van der Waals surface area contributed by atoms with Gasteiger partial charge >= 0.3 is 0 Å². The number of morpholine rings is 1. The molecule has 4 N–H and O–H groups in total. The van der Waals surface area contributed by atoms with Gasteiger partial charge < -0.3 is 15.5 Å². The summed E-state index contributed by atoms with van der Waals surface area (Å²) in [6, 6.07) is 5.34. The molecule has 1 aliphatic heterocycles. The number of amides is 1. The molecule has 0 saturated carbocycles. The number of hydrogen-bond acceptors (Lipinski definition) is 6. The second-order valence-electron chi connectivity index (χ2n) is 4.61. The Kier molecular flexibility index (Phi) is 5.28. The van der Waals surface area contributed by atoms with Crippen LogP contribution in [0.15, 0.2) is 18.2 Å². The number of carbonyl (C=O) groups is 1. The fourth-order valence-electron chi connectivity index (χ4n) is 2.22. The Hall–Kier alpha value is -1.70. The van der Waals surface area contributed by atoms with E-state index in [1.807, 2.05) is 19.1 Å². The second-order valence-corrected chi connectivity index (χ2v) is 4.61. The van der Waals surface area contributed by atoms with Crippen molar-refractivity contribution in [1.29, 1.82) is 0 Å². The van der Waals surface area contributed by atoms with Gasteiger partial charge in [0.25, 0.3) is 0 Å². The zero-order chi connectivity index (χ0) is 14.4. The van der Waals surface area contributed by atoms with Crippen LogP contribution in [0.3, 0.4) is 0 Å². The molecule has 1 fully saturated rings. The van der Waals surface area contributed by atoms with E-state index in [0.29, 0.717) is 38.7 Å². The zero-order valence-corrected chi connectivity index (χ0v) is 11.6. The average molecular weight is 279 g/mol. The van der Waals surface area contributed by atoms with Gasteiger partial charge in [0.05, 0.1) is 18.9 Å². The maximum absolute atomic E-state index is 12.0. The van der Waals surface area contributed by atoms with Gasteiger partial charge in [-0.1, -0.05) is 6.07 Å². The van der Waals surface area contributed by atoms with Crippen LogP contribution in [0, 0.1) is 0 Å². The highest BCUT2D eigenvalue weighted by atomic mass is 16.5. The number of aromatic nitrogens is 1. The molecule has 1 unspecified atom stereocenters. The van der Waals surface area contributed by atoms with Crippen molar-refractivity contribution in [2.24, 2.45) is 5.84 Å². The molecule has 2 rings (SSSR count). The van der Waals surface area contributed by atoms with Crippen LogP contribution in [0.5, 0.6) is 0 Å². The van der Waals surface area contributed by atoms with E-state index in [1.165, 1.54) is 0 Å². The fraction of sp³-hybridized carbons (Fsp3) is 0.538. The van der Waals surface area contributed by atoms with E-state index in [1.54, 1.807) is 6.07 Å². The van der Waals surface area contributed by atoms with Gasteiger partial charge in [0.1, 0.15) is 11.9 Å². The van der Waals surface area contributed by atoms with Crippen molar-refractivity contribution in [3.63, 3.8) is 0 Å². The van der Waals surface area contributed by atoms with Crippen molar-refractivity contribution in [2.45, 2.75) is 19.5 Å². The predicted octanol–water partition coefficient (Wildman–Crippen LogP) is -0.296. The zero-order valence-electron chi connectivity index (χ0n) is 11.6. The lowest BCUT2D eigenvalue weighted by Crippen LogP contribution is -2.53. The summed E-state index contributed by atoms with van der Waals surface area (Å²) in [5, 5.41) is 2.84. The molecule has 1 aromatic rings. The van der Waals surface area contributed by atoms with Crippen molar-refractivity contribution >= 4 is 11.7 Å². The third-order valence-corrected chi connectivity index (χ3v) is 3.21. The molecule has 1 saturated heterocycles. The Labute approximate surface area is 118 Å². The van der Waals surface area contributed by atoms with Gasteiger partial charge in [-0.05, 0) is 19.1 Å². The number of rotatable bonds is 5. The molecule has 0 aromatic carbocycles. The minimum atomic E-state index is -0.264. The maximum Gasteiger partial charge on any atom is 0.239 e. The van der Waals surface area contributed by atoms with Crippen molar-refractivity contribution < 1.29 is 9.53 Å². The number of likely N-dealkylation sites (N-methyl/N-ethyl adjacent to an activating group) is 1. The summed E-state index contributed by atoms with van der Waals surface area (Å²) in [5.41, 5.74) is 3.40. The molecule has 110 valence electrons. The largest absolute Gasteiger partial charge is 0.378 e. The molecular formula is C13H21N5O2. The van der Waals surface area contributed by atoms with Crippen LogP contribution in [0.2, 0.25) is 0 Å². The SMILES string of the molecule is CCNC(=O)C1COCCN1Cc1cccc(NN)n1. The van der Waals surface area contributed by atoms with E-state index in [-0.39, 0.29) is 11.9 Å². The molecule has 0 radical (unpaired) electrons. The van der Waals surface area contributed by atoms with E-state index < -0.39 is 0 Å². The number of ether oxygens (including phenoxy) is 1. The van der Waals surface area contributed by atoms with Crippen molar-refractivity contribution in [2.75, 3.05) is 31.7 Å². The number of nitrogen functional groups attached to an aromatic ring is 1. The van der Waals surface area contributed by atoms with E-state index in [4.69, 9.17) is 10.6 Å². The number of nitrogens with zero attached hydrogens (tertiary/aromatic N) is 2. The summed E-state index contributed by atoms with van der Waals surface area (Å²) in [4.78, 5) is 18.5. The van der Waals surface area contributed by atoms with Gasteiger partial charge in [0.2, 0.25) is 5.91 Å². The van der Waals surface area contributed by atoms with E-state index in [2.05, 4.69) is 20.6 Å². The molecule has 2 heterocycles. The number of anilines is 1. The number of hydrazine groups is 1. The van der Waals surface area contributed by atoms with Gasteiger partial charge in [0.15, 0.2) is 0 Å². The third kappa shape index (κ3) is 3.66. The normalized spacial score (nSPS) is 19.6. The van der Waals surface area contributed by atoms with E-state index in [0.717, 1.165) is 5.69 Å². The quantitative estimate of drug-likeness (QED) is 0.506. The molecule has 0 aliphatic carbocycles. The van der Waals surface area contributed by atoms with Crippen LogP contribution in [0.1, 0.15) is 12.6 Å². The monoisotopic (exact) mass is 279 g/mol. The minimum Gasteiger partial charge on any atom is -0.378 e. The van der Waals surface area contributed by atoms with Gasteiger partial charge in [-0.15, -0.1) is 0 Å². The number of nitrogens with two attached hydrogens (primary N) is 1. The highest BCUT2D eigenvalue weighted by Crippen LogP contribution is 2.13. The lowest BCUT2D eigenvalue weighted by Gasteiger charge is -2.34. The smallest absolute Gasteiger partial charge is 0.239 e. The first-order valence-electron chi connectivity index (χ1n) is 6.76. The molecule has 1 aliphatic rings. The minimum absolute atomic E-state index is 0.000282. The fourth-order valence-corrected chi connectivity index (χ4v) is 2.22. The van der Waals surface area contributed by atoms with Gasteiger partial charge in [-0.25, -0.2) is 10.8 Å². The molecule has 0 spiro atoms. The van der Waals surface area contributed by atoms with Gasteiger partial charge in [0, 0.05) is 19.6 Å². The van der Waals surface area contributed by atoms with Gasteiger partial charge in [-0.3, -0.25) is 9.69 Å². The molecule has 7 nitrogen and oxygen atoms in total. The summed E-state index contributed by atoms with van der Waals surface area (Å²) < 4.78 is 5.41. The molecule has 7 heteroatoms. The van der Waals surface area contributed by atoms with Crippen LogP contribution in [0.4, 0.5) is 5.82 Å². The second kappa shape index (κ2) is 7.18. The molecular weight excluding hydrogens is 258 g/mol. The molecule has 20 heavy (non-hydrogen) atoms. The van der Waals surface area contributed by atoms with Crippen LogP contribution in [-0.4, -0.2) is 48.1 Å². The summed E-state index contributed by atoms with van der Waals surface area (Å²) in [6.07, 6.45) is 0. The van der Waals surface area contributed by atoms with Gasteiger partial charge in [-0.2, -0.15) is 0 Å². The van der Waals surface area contributed by atoms with Crippen LogP contribution >= 0.6 is 0 Å². The Morgan fingerprint density at radius 1 is 1.60 bits per heavy atom. The Bertz CT molecular complexity index is 454. The van der Waals surface area contributed by atoms with Crippen LogP contribution in [0.25, 0.3) is 0 Å². The first kappa shape index (κ1) is 14.7. The molecule has 1 atom stereocenters. The summed E-state index contributed by atoms with van der Waals surface area (Å²) in [5.74, 6) is 5.97. The third-order valence-electron chi connectivity index (χ3n) is 3.21. The summed E-state index contributed by atoms with van der Waals surface area (Å²) in [6.45, 7) is 4.88. The summed E-state index contributed by atoms with van der Waals surface area (Å²) >= 11 is 0. The highest BCUT2D eigenvalue weighted by molar-refractivity contribution is 5.81. The number of carbonyl (C=O) groups excluding carboxylic acids is 1. The standard InChI is InChI=1S/C13H21N5O2/c1-2-15-13(19)11-9-20-7-6-18(11)8-10-4-3-5-12(16-10)17-14/h3-5,11H,2,6-9,14H2,1H3,(H,15,19)(H,16,17). The average Bonchev–Trinajstić information content (AvgIpc) is 2.48. The summed E-state index contributed by atoms with van der Waals surface area (Å²) in [7, 11) is 0. The predicted molar refractivity (Wildman–Crippen MR) is 75.7 cm³/mol. The van der Waals surface area contributed by atoms with Crippen LogP contribution < -0.4 is 16.6 Å². The van der Waals surface area contributed by atoms with Crippen molar-refractivity contribution in [1.82, 2.24) is 15.2 Å². The highest BCUT2D eigenvalue weighted by Gasteiger charge is 2.29. The molecule has 1 aromatic heterocycles. The lowest BCUT2D eigenvalue weighted by molar-refractivity contribution is -0.132. The van der Waals surface area contributed by atoms with E-state index in [9.17, 15) is 4.79 Å². The topological polar surface area (TPSA) is 92.5 Å². The first-order valence-corrected chi connectivity index (χ1v) is 6.76. The van der Waals surface area contributed by atoms with Crippen molar-refractivity contribution in [3.8, 4) is 0 Å².